The number of piperidine rings is 1. The molecule has 0 unspecified atom stereocenters. The first kappa shape index (κ1) is 14.8. The van der Waals surface area contributed by atoms with Crippen LogP contribution >= 0.6 is 11.3 Å². The van der Waals surface area contributed by atoms with Gasteiger partial charge in [-0.15, -0.1) is 11.3 Å². The number of hydrogen-bond acceptors (Lipinski definition) is 4. The number of carbonyl (C=O) groups excluding carboxylic acids is 2. The molecular formula is C16H15FN2O2S. The van der Waals surface area contributed by atoms with Crippen molar-refractivity contribution >= 4 is 23.0 Å². The first-order valence-electron chi connectivity index (χ1n) is 7.14. The van der Waals surface area contributed by atoms with E-state index in [1.54, 1.807) is 28.6 Å². The van der Waals surface area contributed by atoms with Crippen molar-refractivity contribution in [3.8, 4) is 0 Å². The Morgan fingerprint density at radius 3 is 2.59 bits per heavy atom. The van der Waals surface area contributed by atoms with Gasteiger partial charge in [-0.05, 0) is 25.0 Å². The zero-order chi connectivity index (χ0) is 15.5. The summed E-state index contributed by atoms with van der Waals surface area (Å²) in [5.41, 5.74) is 0.0900. The van der Waals surface area contributed by atoms with E-state index >= 15 is 0 Å². The first-order chi connectivity index (χ1) is 10.7. The zero-order valence-corrected chi connectivity index (χ0v) is 12.7. The quantitative estimate of drug-likeness (QED) is 0.817. The molecule has 1 aromatic heterocycles. The second-order valence-corrected chi connectivity index (χ2v) is 6.14. The van der Waals surface area contributed by atoms with Gasteiger partial charge >= 0.3 is 0 Å². The molecule has 114 valence electrons. The highest BCUT2D eigenvalue weighted by Crippen LogP contribution is 2.24. The number of likely N-dealkylation sites (tertiary alicyclic amines) is 1. The molecule has 1 aromatic carbocycles. The minimum atomic E-state index is -0.506. The van der Waals surface area contributed by atoms with Crippen LogP contribution in [-0.4, -0.2) is 34.7 Å². The molecule has 0 aliphatic carbocycles. The zero-order valence-electron chi connectivity index (χ0n) is 11.9. The van der Waals surface area contributed by atoms with E-state index in [9.17, 15) is 14.0 Å². The summed E-state index contributed by atoms with van der Waals surface area (Å²) in [6, 6.07) is 5.98. The van der Waals surface area contributed by atoms with Gasteiger partial charge in [0.2, 0.25) is 0 Å². The Hall–Kier alpha value is -2.08. The van der Waals surface area contributed by atoms with Gasteiger partial charge in [-0.3, -0.25) is 9.59 Å². The molecule has 1 saturated heterocycles. The number of rotatable bonds is 3. The predicted octanol–water partition coefficient (Wildman–Crippen LogP) is 3.02. The highest BCUT2D eigenvalue weighted by Gasteiger charge is 2.30. The maximum atomic E-state index is 13.7. The average molecular weight is 318 g/mol. The lowest BCUT2D eigenvalue weighted by Crippen LogP contribution is -2.40. The summed E-state index contributed by atoms with van der Waals surface area (Å²) in [7, 11) is 0. The van der Waals surface area contributed by atoms with Gasteiger partial charge in [-0.25, -0.2) is 9.37 Å². The number of nitrogens with zero attached hydrogens (tertiary/aromatic N) is 2. The van der Waals surface area contributed by atoms with Crippen molar-refractivity contribution in [1.82, 2.24) is 9.88 Å². The molecule has 1 aliphatic rings. The summed E-state index contributed by atoms with van der Waals surface area (Å²) in [4.78, 5) is 30.2. The monoisotopic (exact) mass is 318 g/mol. The van der Waals surface area contributed by atoms with Crippen LogP contribution in [0.15, 0.2) is 35.8 Å². The molecular weight excluding hydrogens is 303 g/mol. The summed E-state index contributed by atoms with van der Waals surface area (Å²) in [5, 5.41) is 2.31. The third-order valence-electron chi connectivity index (χ3n) is 3.90. The molecule has 2 aromatic rings. The molecule has 1 aliphatic heterocycles. The number of benzene rings is 1. The largest absolute Gasteiger partial charge is 0.339 e. The number of hydrogen-bond donors (Lipinski definition) is 0. The van der Waals surface area contributed by atoms with Crippen LogP contribution in [0.25, 0.3) is 0 Å². The summed E-state index contributed by atoms with van der Waals surface area (Å²) >= 11 is 1.34. The fourth-order valence-corrected chi connectivity index (χ4v) is 3.32. The third-order valence-corrected chi connectivity index (χ3v) is 4.69. The van der Waals surface area contributed by atoms with E-state index in [4.69, 9.17) is 0 Å². The number of carbonyl (C=O) groups is 2. The molecule has 22 heavy (non-hydrogen) atoms. The minimum absolute atomic E-state index is 0.0491. The van der Waals surface area contributed by atoms with Crippen molar-refractivity contribution in [2.24, 2.45) is 5.92 Å². The van der Waals surface area contributed by atoms with E-state index in [2.05, 4.69) is 4.98 Å². The lowest BCUT2D eigenvalue weighted by atomic mass is 9.92. The minimum Gasteiger partial charge on any atom is -0.339 e. The molecule has 2 heterocycles. The molecule has 1 fully saturated rings. The molecule has 4 nitrogen and oxygen atoms in total. The van der Waals surface area contributed by atoms with Gasteiger partial charge in [0.15, 0.2) is 10.8 Å². The van der Waals surface area contributed by atoms with Crippen LogP contribution in [0.2, 0.25) is 0 Å². The highest BCUT2D eigenvalue weighted by atomic mass is 32.1. The maximum absolute atomic E-state index is 13.7. The summed E-state index contributed by atoms with van der Waals surface area (Å²) in [6.07, 6.45) is 2.81. The lowest BCUT2D eigenvalue weighted by Gasteiger charge is -2.31. The number of Topliss-reactive ketones (excluding diaryl/α,β-unsaturated/α-hetero) is 1. The van der Waals surface area contributed by atoms with Crippen molar-refractivity contribution in [3.63, 3.8) is 0 Å². The average Bonchev–Trinajstić information content (AvgIpc) is 3.09. The Morgan fingerprint density at radius 1 is 1.23 bits per heavy atom. The second kappa shape index (κ2) is 6.36. The molecule has 0 saturated carbocycles. The van der Waals surface area contributed by atoms with E-state index in [-0.39, 0.29) is 23.2 Å². The standard InChI is InChI=1S/C16H15FN2O2S/c17-13-4-2-1-3-12(13)16(21)19-8-5-11(6-9-19)14(20)15-18-7-10-22-15/h1-4,7,10-11H,5-6,8-9H2. The topological polar surface area (TPSA) is 50.3 Å². The fraction of sp³-hybridized carbons (Fsp3) is 0.312. The first-order valence-corrected chi connectivity index (χ1v) is 8.02. The van der Waals surface area contributed by atoms with Crippen LogP contribution in [-0.2, 0) is 0 Å². The number of halogens is 1. The molecule has 0 spiro atoms. The second-order valence-electron chi connectivity index (χ2n) is 5.25. The van der Waals surface area contributed by atoms with Gasteiger partial charge in [0, 0.05) is 30.6 Å². The van der Waals surface area contributed by atoms with E-state index < -0.39 is 5.82 Å². The number of amides is 1. The van der Waals surface area contributed by atoms with E-state index in [0.717, 1.165) is 0 Å². The van der Waals surface area contributed by atoms with Crippen molar-refractivity contribution in [2.45, 2.75) is 12.8 Å². The Bertz CT molecular complexity index is 679. The van der Waals surface area contributed by atoms with Crippen molar-refractivity contribution < 1.29 is 14.0 Å². The number of thiazole rings is 1. The van der Waals surface area contributed by atoms with Crippen molar-refractivity contribution in [2.75, 3.05) is 13.1 Å². The SMILES string of the molecule is O=C(c1nccs1)C1CCN(C(=O)c2ccccc2F)CC1. The van der Waals surface area contributed by atoms with Gasteiger partial charge in [0.1, 0.15) is 5.82 Å². The van der Waals surface area contributed by atoms with Crippen LogP contribution < -0.4 is 0 Å². The number of ketones is 1. The summed E-state index contributed by atoms with van der Waals surface area (Å²) in [5.74, 6) is -0.865. The molecule has 0 bridgehead atoms. The third kappa shape index (κ3) is 2.92. The van der Waals surface area contributed by atoms with Gasteiger partial charge in [0.05, 0.1) is 5.56 Å². The summed E-state index contributed by atoms with van der Waals surface area (Å²) < 4.78 is 13.7. The van der Waals surface area contributed by atoms with Gasteiger partial charge in [-0.1, -0.05) is 12.1 Å². The van der Waals surface area contributed by atoms with Gasteiger partial charge in [-0.2, -0.15) is 0 Å². The Balaban J connectivity index is 1.63. The van der Waals surface area contributed by atoms with Crippen LogP contribution in [0.1, 0.15) is 33.0 Å². The molecule has 6 heteroatoms. The van der Waals surface area contributed by atoms with E-state index in [1.807, 2.05) is 0 Å². The van der Waals surface area contributed by atoms with Gasteiger partial charge < -0.3 is 4.90 Å². The Labute approximate surface area is 131 Å². The molecule has 3 rings (SSSR count). The van der Waals surface area contributed by atoms with Crippen molar-refractivity contribution in [1.29, 1.82) is 0 Å². The normalized spacial score (nSPS) is 15.8. The summed E-state index contributed by atoms with van der Waals surface area (Å²) in [6.45, 7) is 0.934. The van der Waals surface area contributed by atoms with Crippen molar-refractivity contribution in [3.05, 3.63) is 52.2 Å². The lowest BCUT2D eigenvalue weighted by molar-refractivity contribution is 0.0646. The van der Waals surface area contributed by atoms with Crippen LogP contribution in [0.3, 0.4) is 0 Å². The molecule has 1 amide bonds. The van der Waals surface area contributed by atoms with Crippen LogP contribution in [0.5, 0.6) is 0 Å². The maximum Gasteiger partial charge on any atom is 0.256 e. The van der Waals surface area contributed by atoms with Crippen LogP contribution in [0, 0.1) is 11.7 Å². The predicted molar refractivity (Wildman–Crippen MR) is 81.5 cm³/mol. The van der Waals surface area contributed by atoms with Gasteiger partial charge in [0.25, 0.3) is 5.91 Å². The van der Waals surface area contributed by atoms with E-state index in [0.29, 0.717) is 30.9 Å². The smallest absolute Gasteiger partial charge is 0.256 e. The highest BCUT2D eigenvalue weighted by molar-refractivity contribution is 7.11. The fourth-order valence-electron chi connectivity index (χ4n) is 2.67. The molecule has 0 N–H and O–H groups in total. The number of aromatic nitrogens is 1. The molecule has 0 atom stereocenters. The van der Waals surface area contributed by atoms with Crippen LogP contribution in [0.4, 0.5) is 4.39 Å². The van der Waals surface area contributed by atoms with E-state index in [1.165, 1.54) is 23.5 Å². The molecule has 0 radical (unpaired) electrons. The Morgan fingerprint density at radius 2 is 1.95 bits per heavy atom. The Kier molecular flexibility index (Phi) is 4.29.